The fourth-order valence-corrected chi connectivity index (χ4v) is 12.0. The highest BCUT2D eigenvalue weighted by Crippen LogP contribution is 2.46. The average Bonchev–Trinajstić information content (AvgIpc) is 4.02. The zero-order valence-corrected chi connectivity index (χ0v) is 41.6. The molecule has 0 unspecified atom stereocenters. The van der Waals surface area contributed by atoms with Gasteiger partial charge in [-0.15, -0.1) is 22.7 Å². The van der Waals surface area contributed by atoms with Crippen LogP contribution in [0.4, 0.5) is 0 Å². The number of benzene rings is 9. The molecule has 0 saturated heterocycles. The van der Waals surface area contributed by atoms with Crippen LogP contribution in [-0.2, 0) is 0 Å². The summed E-state index contributed by atoms with van der Waals surface area (Å²) in [5.74, 6) is 0. The van der Waals surface area contributed by atoms with E-state index < -0.39 is 0 Å². The van der Waals surface area contributed by atoms with Gasteiger partial charge in [-0.2, -0.15) is 0 Å². The van der Waals surface area contributed by atoms with E-state index in [4.69, 9.17) is 9.97 Å². The maximum Gasteiger partial charge on any atom is 0.116 e. The largest absolute Gasteiger partial charge is 0.236 e. The summed E-state index contributed by atoms with van der Waals surface area (Å²) in [4.78, 5) is 9.77. The van der Waals surface area contributed by atoms with Crippen molar-refractivity contribution in [3.63, 3.8) is 0 Å². The third-order valence-corrected chi connectivity index (χ3v) is 15.5. The van der Waals surface area contributed by atoms with Crippen LogP contribution >= 0.6 is 22.7 Å². The highest BCUT2D eigenvalue weighted by molar-refractivity contribution is 7.26. The van der Waals surface area contributed by atoms with Crippen molar-refractivity contribution in [3.05, 3.63) is 249 Å². The molecule has 3 aromatic heterocycles. The Hall–Kier alpha value is -8.28. The van der Waals surface area contributed by atoms with Crippen molar-refractivity contribution >= 4 is 68.6 Å². The predicted octanol–water partition coefficient (Wildman–Crippen LogP) is 20.1. The lowest BCUT2D eigenvalue weighted by Crippen LogP contribution is -1.91. The van der Waals surface area contributed by atoms with E-state index in [2.05, 4.69) is 225 Å². The highest BCUT2D eigenvalue weighted by Gasteiger charge is 2.18. The molecule has 0 fully saturated rings. The van der Waals surface area contributed by atoms with Gasteiger partial charge in [0.2, 0.25) is 0 Å². The molecule has 12 aromatic rings. The van der Waals surface area contributed by atoms with Gasteiger partial charge in [0.1, 0.15) is 6.33 Å². The highest BCUT2D eigenvalue weighted by atomic mass is 32.1. The molecule has 0 spiro atoms. The van der Waals surface area contributed by atoms with Gasteiger partial charge in [-0.1, -0.05) is 184 Å². The Balaban J connectivity index is 0.00000270. The third-order valence-electron chi connectivity index (χ3n) is 13.1. The minimum Gasteiger partial charge on any atom is -0.236 e. The summed E-state index contributed by atoms with van der Waals surface area (Å²) in [7, 11) is 0. The first-order valence-corrected chi connectivity index (χ1v) is 25.9. The van der Waals surface area contributed by atoms with E-state index in [1.165, 1.54) is 84.9 Å². The summed E-state index contributed by atoms with van der Waals surface area (Å²) in [5.41, 5.74) is 18.0. The molecule has 12 rings (SSSR count). The molecule has 0 aliphatic carbocycles. The van der Waals surface area contributed by atoms with Gasteiger partial charge in [0.15, 0.2) is 0 Å². The zero-order chi connectivity index (χ0) is 48.3. The number of aromatic nitrogens is 2. The Morgan fingerprint density at radius 1 is 0.408 bits per heavy atom. The number of hydrogen-bond donors (Lipinski definition) is 0. The van der Waals surface area contributed by atoms with E-state index in [0.717, 1.165) is 44.8 Å². The quantitative estimate of drug-likeness (QED) is 0.128. The van der Waals surface area contributed by atoms with Gasteiger partial charge in [0.05, 0.1) is 11.4 Å². The third kappa shape index (κ3) is 8.85. The minimum atomic E-state index is 0.876. The standard InChI is InChI=1S/C65H44N2S2.C2H6/c1-3-5-17-42(4-2)46-28-30-62-56(34-46)58-38-52(44-20-11-7-12-21-44)36-54(64(58)68-62)48-24-15-26-50(32-48)60-40-61(67-41-66-60)51-27-16-25-49(33-51)55-37-53(45-22-13-8-14-23-45)39-59-57-35-47(43-18-9-6-10-19-43)29-31-63(57)69-65(55)59;1-2/h3-41H,2H2,1H3;1-2H3/b5-3-,42-17+;. The van der Waals surface area contributed by atoms with Crippen molar-refractivity contribution in [2.24, 2.45) is 0 Å². The molecule has 2 nitrogen and oxygen atoms in total. The van der Waals surface area contributed by atoms with Crippen LogP contribution < -0.4 is 0 Å². The lowest BCUT2D eigenvalue weighted by atomic mass is 9.93. The van der Waals surface area contributed by atoms with Gasteiger partial charge >= 0.3 is 0 Å². The normalized spacial score (nSPS) is 11.7. The first-order chi connectivity index (χ1) is 35.1. The van der Waals surface area contributed by atoms with Gasteiger partial charge in [0, 0.05) is 62.6 Å². The van der Waals surface area contributed by atoms with Crippen molar-refractivity contribution in [1.29, 1.82) is 0 Å². The van der Waals surface area contributed by atoms with E-state index in [-0.39, 0.29) is 0 Å². The first-order valence-electron chi connectivity index (χ1n) is 24.2. The van der Waals surface area contributed by atoms with E-state index in [0.29, 0.717) is 0 Å². The molecule has 0 aliphatic heterocycles. The molecule has 9 aromatic carbocycles. The summed E-state index contributed by atoms with van der Waals surface area (Å²) in [6.45, 7) is 10.2. The zero-order valence-electron chi connectivity index (χ0n) is 39.9. The molecule has 0 aliphatic rings. The van der Waals surface area contributed by atoms with Gasteiger partial charge in [0.25, 0.3) is 0 Å². The van der Waals surface area contributed by atoms with Crippen LogP contribution in [0.5, 0.6) is 0 Å². The summed E-state index contributed by atoms with van der Waals surface area (Å²) in [5, 5.41) is 5.04. The second kappa shape index (κ2) is 20.0. The first kappa shape index (κ1) is 45.2. The van der Waals surface area contributed by atoms with Crippen molar-refractivity contribution in [2.75, 3.05) is 0 Å². The SMILES string of the molecule is C=C/C(=C\C=C/C)c1ccc2sc3c(-c4cccc(-c5cc(-c6cccc(-c7cc(-c8ccccc8)cc8c7sc7ccc(-c9ccccc9)cc78)c6)ncn5)c4)cc(-c4ccccc4)cc3c2c1.CC. The van der Waals surface area contributed by atoms with Crippen LogP contribution in [0.2, 0.25) is 0 Å². The molecule has 71 heavy (non-hydrogen) atoms. The van der Waals surface area contributed by atoms with Crippen molar-refractivity contribution in [1.82, 2.24) is 9.97 Å². The number of allylic oxidation sites excluding steroid dienone is 5. The number of thiophene rings is 2. The molecule has 0 bridgehead atoms. The average molecular weight is 947 g/mol. The maximum atomic E-state index is 4.88. The monoisotopic (exact) mass is 946 g/mol. The Morgan fingerprint density at radius 3 is 1.37 bits per heavy atom. The molecule has 0 atom stereocenters. The number of fused-ring (bicyclic) bond motifs is 6. The maximum absolute atomic E-state index is 4.88. The Bertz CT molecular complexity index is 3970. The van der Waals surface area contributed by atoms with Crippen molar-refractivity contribution < 1.29 is 0 Å². The molecule has 0 radical (unpaired) electrons. The van der Waals surface area contributed by atoms with E-state index in [9.17, 15) is 0 Å². The number of nitrogens with zero attached hydrogens (tertiary/aromatic N) is 2. The minimum absolute atomic E-state index is 0.876. The Morgan fingerprint density at radius 2 is 0.859 bits per heavy atom. The molecule has 4 heteroatoms. The van der Waals surface area contributed by atoms with Crippen molar-refractivity contribution in [2.45, 2.75) is 20.8 Å². The van der Waals surface area contributed by atoms with Crippen LogP contribution in [0.1, 0.15) is 26.3 Å². The van der Waals surface area contributed by atoms with E-state index in [1.54, 1.807) is 6.33 Å². The predicted molar refractivity (Wildman–Crippen MR) is 310 cm³/mol. The number of hydrogen-bond acceptors (Lipinski definition) is 4. The molecule has 0 amide bonds. The summed E-state index contributed by atoms with van der Waals surface area (Å²) >= 11 is 3.72. The summed E-state index contributed by atoms with van der Waals surface area (Å²) in [6.07, 6.45) is 9.88. The summed E-state index contributed by atoms with van der Waals surface area (Å²) < 4.78 is 5.07. The van der Waals surface area contributed by atoms with Gasteiger partial charge in [-0.05, 0) is 129 Å². The van der Waals surface area contributed by atoms with Crippen LogP contribution in [0.15, 0.2) is 243 Å². The van der Waals surface area contributed by atoms with Crippen LogP contribution in [0.3, 0.4) is 0 Å². The fourth-order valence-electron chi connectivity index (χ4n) is 9.62. The second-order valence-electron chi connectivity index (χ2n) is 17.3. The van der Waals surface area contributed by atoms with E-state index in [1.807, 2.05) is 55.6 Å². The Kier molecular flexibility index (Phi) is 12.7. The number of rotatable bonds is 10. The van der Waals surface area contributed by atoms with Crippen LogP contribution in [0.25, 0.3) is 124 Å². The lowest BCUT2D eigenvalue weighted by Gasteiger charge is -2.12. The molecule has 0 saturated carbocycles. The second-order valence-corrected chi connectivity index (χ2v) is 19.4. The topological polar surface area (TPSA) is 25.8 Å². The van der Waals surface area contributed by atoms with Crippen LogP contribution in [-0.4, -0.2) is 9.97 Å². The van der Waals surface area contributed by atoms with Crippen LogP contribution in [0, 0.1) is 0 Å². The van der Waals surface area contributed by atoms with Gasteiger partial charge in [-0.25, -0.2) is 9.97 Å². The lowest BCUT2D eigenvalue weighted by molar-refractivity contribution is 1.18. The Labute approximate surface area is 423 Å². The van der Waals surface area contributed by atoms with Gasteiger partial charge < -0.3 is 0 Å². The molecule has 340 valence electrons. The molecule has 3 heterocycles. The fraction of sp³-hybridized carbons (Fsp3) is 0.0448. The van der Waals surface area contributed by atoms with Gasteiger partial charge in [-0.3, -0.25) is 0 Å². The van der Waals surface area contributed by atoms with E-state index >= 15 is 0 Å². The molecular weight excluding hydrogens is 897 g/mol. The smallest absolute Gasteiger partial charge is 0.116 e. The van der Waals surface area contributed by atoms with Crippen molar-refractivity contribution in [3.8, 4) is 78.1 Å². The summed E-state index contributed by atoms with van der Waals surface area (Å²) in [6, 6.07) is 75.0. The molecular formula is C67H50N2S2. The molecule has 0 N–H and O–H groups in total.